The Bertz CT molecular complexity index is 1500. The molecule has 0 aliphatic rings. The highest BCUT2D eigenvalue weighted by Crippen LogP contribution is 2.45. The van der Waals surface area contributed by atoms with Crippen LogP contribution in [-0.4, -0.2) is 30.0 Å². The number of aromatic nitrogens is 1. The number of nitrogens with zero attached hydrogens (tertiary/aromatic N) is 2. The summed E-state index contributed by atoms with van der Waals surface area (Å²) >= 11 is 3.55. The van der Waals surface area contributed by atoms with E-state index in [-0.39, 0.29) is 11.8 Å². The molecule has 5 nitrogen and oxygen atoms in total. The van der Waals surface area contributed by atoms with Gasteiger partial charge in [-0.05, 0) is 79.0 Å². The van der Waals surface area contributed by atoms with Crippen LogP contribution in [0.15, 0.2) is 53.0 Å². The summed E-state index contributed by atoms with van der Waals surface area (Å²) in [5.41, 5.74) is 5.38. The maximum Gasteiger partial charge on any atom is 0.263 e. The molecule has 3 aromatic carbocycles. The van der Waals surface area contributed by atoms with Gasteiger partial charge in [0.2, 0.25) is 5.91 Å². The lowest BCUT2D eigenvalue weighted by Gasteiger charge is -2.22. The molecule has 0 aliphatic heterocycles. The van der Waals surface area contributed by atoms with Crippen molar-refractivity contribution in [1.29, 1.82) is 0 Å². The molecule has 1 aromatic heterocycles. The fourth-order valence-electron chi connectivity index (χ4n) is 4.98. The van der Waals surface area contributed by atoms with Gasteiger partial charge in [0.25, 0.3) is 5.91 Å². The fraction of sp³-hybridized carbons (Fsp3) is 0.241. The van der Waals surface area contributed by atoms with Crippen LogP contribution in [0.5, 0.6) is 5.75 Å². The Morgan fingerprint density at radius 3 is 2.28 bits per heavy atom. The second-order valence-corrected chi connectivity index (χ2v) is 9.74. The van der Waals surface area contributed by atoms with Crippen molar-refractivity contribution in [1.82, 2.24) is 4.57 Å². The molecule has 1 heterocycles. The van der Waals surface area contributed by atoms with Crippen LogP contribution in [0.2, 0.25) is 0 Å². The molecule has 186 valence electrons. The average Bonchev–Trinajstić information content (AvgIpc) is 3.11. The van der Waals surface area contributed by atoms with Crippen molar-refractivity contribution in [3.63, 3.8) is 0 Å². The number of hydrogen-bond donors (Lipinski definition) is 0. The van der Waals surface area contributed by atoms with E-state index in [9.17, 15) is 14.0 Å². The summed E-state index contributed by atoms with van der Waals surface area (Å²) < 4.78 is 22.3. The standard InChI is InChI=1S/C29H28BrFN2O3/c1-7-32(19(5)34)28-22-14-25(36-6)23(30)15-24(22)33(27(28)20-9-8-10-21(31)13-20)29(35)26-17(3)11-16(2)12-18(26)4/h8-15H,7H2,1-6H3. The highest BCUT2D eigenvalue weighted by atomic mass is 79.9. The highest BCUT2D eigenvalue weighted by molar-refractivity contribution is 9.10. The number of amides is 1. The molecule has 0 radical (unpaired) electrons. The molecule has 0 saturated carbocycles. The van der Waals surface area contributed by atoms with Crippen molar-refractivity contribution >= 4 is 44.3 Å². The molecule has 0 spiro atoms. The van der Waals surface area contributed by atoms with E-state index >= 15 is 0 Å². The molecule has 4 aromatic rings. The zero-order chi connectivity index (χ0) is 26.3. The minimum Gasteiger partial charge on any atom is -0.496 e. The first-order valence-corrected chi connectivity index (χ1v) is 12.5. The number of carbonyl (C=O) groups excluding carboxylic acids is 2. The number of rotatable bonds is 5. The lowest BCUT2D eigenvalue weighted by molar-refractivity contribution is -0.116. The van der Waals surface area contributed by atoms with E-state index in [4.69, 9.17) is 4.74 Å². The first-order valence-electron chi connectivity index (χ1n) is 11.7. The summed E-state index contributed by atoms with van der Waals surface area (Å²) in [7, 11) is 1.56. The Hall–Kier alpha value is -3.45. The summed E-state index contributed by atoms with van der Waals surface area (Å²) in [6.45, 7) is 9.53. The Morgan fingerprint density at radius 1 is 1.06 bits per heavy atom. The third-order valence-corrected chi connectivity index (χ3v) is 6.99. The van der Waals surface area contributed by atoms with Crippen molar-refractivity contribution in [3.8, 4) is 17.0 Å². The van der Waals surface area contributed by atoms with E-state index in [1.807, 2.05) is 52.0 Å². The number of hydrogen-bond acceptors (Lipinski definition) is 3. The molecule has 0 unspecified atom stereocenters. The van der Waals surface area contributed by atoms with Gasteiger partial charge >= 0.3 is 0 Å². The molecule has 0 N–H and O–H groups in total. The lowest BCUT2D eigenvalue weighted by atomic mass is 9.99. The van der Waals surface area contributed by atoms with Gasteiger partial charge in [0.1, 0.15) is 11.6 Å². The van der Waals surface area contributed by atoms with Gasteiger partial charge in [-0.3, -0.25) is 14.2 Å². The van der Waals surface area contributed by atoms with E-state index in [1.54, 1.807) is 28.7 Å². The lowest BCUT2D eigenvalue weighted by Crippen LogP contribution is -2.28. The number of halogens is 2. The molecule has 36 heavy (non-hydrogen) atoms. The fourth-order valence-corrected chi connectivity index (χ4v) is 5.47. The van der Waals surface area contributed by atoms with E-state index in [0.29, 0.717) is 50.2 Å². The molecule has 1 amide bonds. The van der Waals surface area contributed by atoms with Crippen LogP contribution in [0.3, 0.4) is 0 Å². The zero-order valence-corrected chi connectivity index (χ0v) is 22.8. The third-order valence-electron chi connectivity index (χ3n) is 6.37. The van der Waals surface area contributed by atoms with Crippen LogP contribution in [0.4, 0.5) is 10.1 Å². The van der Waals surface area contributed by atoms with E-state index in [1.165, 1.54) is 19.1 Å². The monoisotopic (exact) mass is 550 g/mol. The molecular weight excluding hydrogens is 523 g/mol. The SMILES string of the molecule is CCN(C(C)=O)c1c(-c2cccc(F)c2)n(C(=O)c2c(C)cc(C)cc2C)c2cc(Br)c(OC)cc12. The van der Waals surface area contributed by atoms with Gasteiger partial charge in [-0.1, -0.05) is 29.8 Å². The van der Waals surface area contributed by atoms with Crippen molar-refractivity contribution in [2.75, 3.05) is 18.6 Å². The second kappa shape index (κ2) is 9.90. The number of aryl methyl sites for hydroxylation is 3. The van der Waals surface area contributed by atoms with Gasteiger partial charge in [0, 0.05) is 30.0 Å². The molecule has 0 bridgehead atoms. The van der Waals surface area contributed by atoms with E-state index in [2.05, 4.69) is 15.9 Å². The van der Waals surface area contributed by atoms with Gasteiger partial charge in [0.05, 0.1) is 28.5 Å². The van der Waals surface area contributed by atoms with Crippen molar-refractivity contribution < 1.29 is 18.7 Å². The van der Waals surface area contributed by atoms with Gasteiger partial charge in [-0.15, -0.1) is 0 Å². The third kappa shape index (κ3) is 4.32. The molecule has 4 rings (SSSR count). The smallest absolute Gasteiger partial charge is 0.263 e. The Balaban J connectivity index is 2.23. The molecular formula is C29H28BrFN2O3. The van der Waals surface area contributed by atoms with E-state index in [0.717, 1.165) is 16.7 Å². The highest BCUT2D eigenvalue weighted by Gasteiger charge is 2.30. The van der Waals surface area contributed by atoms with Crippen LogP contribution in [-0.2, 0) is 4.79 Å². The molecule has 0 aliphatic carbocycles. The van der Waals surface area contributed by atoms with Crippen LogP contribution < -0.4 is 9.64 Å². The number of anilines is 1. The van der Waals surface area contributed by atoms with Crippen molar-refractivity contribution in [2.24, 2.45) is 0 Å². The first kappa shape index (κ1) is 25.6. The Morgan fingerprint density at radius 2 is 1.72 bits per heavy atom. The summed E-state index contributed by atoms with van der Waals surface area (Å²) in [6.07, 6.45) is 0. The largest absolute Gasteiger partial charge is 0.496 e. The van der Waals surface area contributed by atoms with Gasteiger partial charge in [0.15, 0.2) is 0 Å². The summed E-state index contributed by atoms with van der Waals surface area (Å²) in [5, 5.41) is 0.655. The molecule has 7 heteroatoms. The van der Waals surface area contributed by atoms with Gasteiger partial charge in [-0.2, -0.15) is 0 Å². The maximum absolute atomic E-state index is 14.5. The Kier molecular flexibility index (Phi) is 7.05. The van der Waals surface area contributed by atoms with Crippen LogP contribution >= 0.6 is 15.9 Å². The predicted octanol–water partition coefficient (Wildman–Crippen LogP) is 7.21. The first-order chi connectivity index (χ1) is 17.1. The summed E-state index contributed by atoms with van der Waals surface area (Å²) in [5.74, 6) is -0.320. The number of methoxy groups -OCH3 is 1. The topological polar surface area (TPSA) is 51.5 Å². The number of fused-ring (bicyclic) bond motifs is 1. The van der Waals surface area contributed by atoms with Crippen molar-refractivity contribution in [3.05, 3.63) is 81.1 Å². The van der Waals surface area contributed by atoms with Gasteiger partial charge in [-0.25, -0.2) is 4.39 Å². The minimum absolute atomic E-state index is 0.189. The number of benzene rings is 3. The quantitative estimate of drug-likeness (QED) is 0.264. The minimum atomic E-state index is -0.435. The molecule has 0 atom stereocenters. The Labute approximate surface area is 218 Å². The van der Waals surface area contributed by atoms with E-state index < -0.39 is 5.82 Å². The second-order valence-electron chi connectivity index (χ2n) is 8.89. The summed E-state index contributed by atoms with van der Waals surface area (Å²) in [4.78, 5) is 28.8. The van der Waals surface area contributed by atoms with Crippen molar-refractivity contribution in [2.45, 2.75) is 34.6 Å². The average molecular weight is 551 g/mol. The number of carbonyl (C=O) groups is 2. The number of ether oxygens (including phenoxy) is 1. The maximum atomic E-state index is 14.5. The van der Waals surface area contributed by atoms with Crippen LogP contribution in [0, 0.1) is 26.6 Å². The van der Waals surface area contributed by atoms with Crippen LogP contribution in [0.25, 0.3) is 22.2 Å². The predicted molar refractivity (Wildman–Crippen MR) is 146 cm³/mol. The van der Waals surface area contributed by atoms with Gasteiger partial charge < -0.3 is 9.64 Å². The molecule has 0 fully saturated rings. The zero-order valence-electron chi connectivity index (χ0n) is 21.2. The molecule has 0 saturated heterocycles. The normalized spacial score (nSPS) is 11.1. The van der Waals surface area contributed by atoms with Crippen LogP contribution in [0.1, 0.15) is 40.9 Å². The summed E-state index contributed by atoms with van der Waals surface area (Å²) in [6, 6.07) is 13.7.